The first kappa shape index (κ1) is 29.5. The maximum Gasteiger partial charge on any atom is 0.256 e. The van der Waals surface area contributed by atoms with Gasteiger partial charge in [0.2, 0.25) is 0 Å². The Labute approximate surface area is 244 Å². The number of likely N-dealkylation sites (tertiary alicyclic amines) is 1. The number of ether oxygens (including phenoxy) is 1. The van der Waals surface area contributed by atoms with E-state index in [-0.39, 0.29) is 60.4 Å². The second-order valence-electron chi connectivity index (χ2n) is 14.2. The van der Waals surface area contributed by atoms with Crippen LogP contribution in [-0.2, 0) is 14.3 Å². The zero-order valence-electron chi connectivity index (χ0n) is 25.1. The van der Waals surface area contributed by atoms with Gasteiger partial charge in [0.25, 0.3) is 5.91 Å². The van der Waals surface area contributed by atoms with Crippen molar-refractivity contribution in [2.24, 2.45) is 23.7 Å². The van der Waals surface area contributed by atoms with E-state index in [0.29, 0.717) is 24.4 Å². The standard InChI is InChI=1S/C32H51FN4O4/c1-18(2)25(17-38)35-28-24(33)15-22-29-31(28)41-27-14-20-8-5-4-7-19(20)13-26(27)37(29)16-23(30(22)39)32(40)34-11-10-21-9-6-12-36(21)3/h16,18-22,24-29,31,35,38H,4-15,17H2,1-3H3,(H,34,40). The molecule has 8 nitrogen and oxygen atoms in total. The predicted molar refractivity (Wildman–Crippen MR) is 155 cm³/mol. The number of alkyl halides is 1. The number of halogens is 1. The number of aliphatic hydroxyl groups is 1. The summed E-state index contributed by atoms with van der Waals surface area (Å²) < 4.78 is 22.9. The molecule has 1 amide bonds. The number of fused-ring (bicyclic) bond motifs is 3. The first-order valence-electron chi connectivity index (χ1n) is 16.4. The highest BCUT2D eigenvalue weighted by molar-refractivity contribution is 6.20. The van der Waals surface area contributed by atoms with Gasteiger partial charge in [0, 0.05) is 30.7 Å². The molecular formula is C32H51FN4O4. The van der Waals surface area contributed by atoms with Crippen molar-refractivity contribution in [3.8, 4) is 0 Å². The molecule has 0 radical (unpaired) electrons. The van der Waals surface area contributed by atoms with E-state index < -0.39 is 24.2 Å². The molecule has 3 saturated carbocycles. The molecule has 41 heavy (non-hydrogen) atoms. The highest BCUT2D eigenvalue weighted by Gasteiger charge is 2.59. The van der Waals surface area contributed by atoms with Crippen molar-refractivity contribution in [3.05, 3.63) is 11.8 Å². The van der Waals surface area contributed by atoms with Crippen LogP contribution in [0, 0.1) is 23.7 Å². The molecule has 3 N–H and O–H groups in total. The van der Waals surface area contributed by atoms with E-state index in [9.17, 15) is 14.7 Å². The summed E-state index contributed by atoms with van der Waals surface area (Å²) in [6.07, 6.45) is 10.1. The third-order valence-corrected chi connectivity index (χ3v) is 11.6. The van der Waals surface area contributed by atoms with Crippen LogP contribution in [-0.4, -0.2) is 102 Å². The molecule has 0 bridgehead atoms. The van der Waals surface area contributed by atoms with Crippen molar-refractivity contribution in [2.45, 2.75) is 127 Å². The van der Waals surface area contributed by atoms with Gasteiger partial charge in [0.15, 0.2) is 5.78 Å². The third-order valence-electron chi connectivity index (χ3n) is 11.6. The van der Waals surface area contributed by atoms with Crippen molar-refractivity contribution in [1.29, 1.82) is 0 Å². The average Bonchev–Trinajstić information content (AvgIpc) is 3.37. The lowest BCUT2D eigenvalue weighted by molar-refractivity contribution is -0.209. The van der Waals surface area contributed by atoms with E-state index in [1.165, 1.54) is 32.1 Å². The number of aliphatic hydroxyl groups excluding tert-OH is 1. The van der Waals surface area contributed by atoms with Crippen molar-refractivity contribution < 1.29 is 23.8 Å². The number of carbonyl (C=O) groups excluding carboxylic acids is 2. The maximum absolute atomic E-state index is 16.1. The Kier molecular flexibility index (Phi) is 8.79. The topological polar surface area (TPSA) is 94.1 Å². The fourth-order valence-corrected chi connectivity index (χ4v) is 9.14. The van der Waals surface area contributed by atoms with Gasteiger partial charge in [-0.05, 0) is 69.9 Å². The Morgan fingerprint density at radius 2 is 1.90 bits per heavy atom. The summed E-state index contributed by atoms with van der Waals surface area (Å²) in [5, 5.41) is 16.5. The zero-order valence-corrected chi connectivity index (χ0v) is 25.1. The molecule has 6 rings (SSSR count). The van der Waals surface area contributed by atoms with Gasteiger partial charge >= 0.3 is 0 Å². The second-order valence-corrected chi connectivity index (χ2v) is 14.2. The highest BCUT2D eigenvalue weighted by Crippen LogP contribution is 2.50. The molecule has 9 heteroatoms. The number of nitrogens with one attached hydrogen (secondary N) is 2. The normalized spacial score (nSPS) is 41.4. The number of rotatable bonds is 8. The zero-order chi connectivity index (χ0) is 28.8. The van der Waals surface area contributed by atoms with Crippen LogP contribution >= 0.6 is 0 Å². The lowest BCUT2D eigenvalue weighted by Gasteiger charge is -2.61. The van der Waals surface area contributed by atoms with Gasteiger partial charge in [-0.1, -0.05) is 39.5 Å². The van der Waals surface area contributed by atoms with Crippen LogP contribution < -0.4 is 10.6 Å². The van der Waals surface area contributed by atoms with Gasteiger partial charge in [-0.15, -0.1) is 0 Å². The van der Waals surface area contributed by atoms with Crippen molar-refractivity contribution in [3.63, 3.8) is 0 Å². The van der Waals surface area contributed by atoms with Crippen molar-refractivity contribution in [2.75, 3.05) is 26.7 Å². The summed E-state index contributed by atoms with van der Waals surface area (Å²) in [5.41, 5.74) is 0.185. The summed E-state index contributed by atoms with van der Waals surface area (Å²) in [7, 11) is 2.13. The molecule has 0 aromatic rings. The molecule has 6 aliphatic rings. The lowest BCUT2D eigenvalue weighted by Crippen LogP contribution is -2.74. The molecule has 3 aliphatic carbocycles. The molecule has 0 spiro atoms. The number of hydrogen-bond donors (Lipinski definition) is 3. The summed E-state index contributed by atoms with van der Waals surface area (Å²) in [6, 6.07) is -0.608. The Hall–Kier alpha value is -1.55. The number of ketones is 1. The van der Waals surface area contributed by atoms with Crippen LogP contribution in [0.5, 0.6) is 0 Å². The second kappa shape index (κ2) is 12.2. The molecule has 0 aromatic carbocycles. The van der Waals surface area contributed by atoms with E-state index in [2.05, 4.69) is 27.5 Å². The third kappa shape index (κ3) is 5.61. The van der Waals surface area contributed by atoms with E-state index in [1.807, 2.05) is 20.0 Å². The molecule has 11 atom stereocenters. The first-order chi connectivity index (χ1) is 19.8. The van der Waals surface area contributed by atoms with Gasteiger partial charge in [-0.3, -0.25) is 9.59 Å². The number of hydrogen-bond acceptors (Lipinski definition) is 7. The van der Waals surface area contributed by atoms with Crippen LogP contribution in [0.25, 0.3) is 0 Å². The minimum Gasteiger partial charge on any atom is -0.395 e. The van der Waals surface area contributed by atoms with Crippen LogP contribution in [0.1, 0.15) is 78.1 Å². The summed E-state index contributed by atoms with van der Waals surface area (Å²) >= 11 is 0. The molecular weight excluding hydrogens is 523 g/mol. The van der Waals surface area contributed by atoms with Gasteiger partial charge in [0.05, 0.1) is 42.5 Å². The number of carbonyl (C=O) groups is 2. The molecule has 3 aliphatic heterocycles. The van der Waals surface area contributed by atoms with Gasteiger partial charge in [-0.2, -0.15) is 0 Å². The quantitative estimate of drug-likeness (QED) is 0.384. The van der Waals surface area contributed by atoms with E-state index in [0.717, 1.165) is 32.2 Å². The van der Waals surface area contributed by atoms with Gasteiger partial charge in [-0.25, -0.2) is 4.39 Å². The summed E-state index contributed by atoms with van der Waals surface area (Å²) in [4.78, 5) is 32.0. The molecule has 11 unspecified atom stereocenters. The van der Waals surface area contributed by atoms with Crippen molar-refractivity contribution in [1.82, 2.24) is 20.4 Å². The van der Waals surface area contributed by atoms with Crippen LogP contribution in [0.3, 0.4) is 0 Å². The average molecular weight is 575 g/mol. The SMILES string of the molecule is CC(C)C(CO)NC1C(F)CC2C(=O)C(C(=O)NCCC3CCCN3C)=CN3C4CC5CCCCC5CC4OC1C23. The number of Topliss-reactive ketones (excluding diaryl/α,β-unsaturated/α-hetero) is 1. The van der Waals surface area contributed by atoms with Gasteiger partial charge < -0.3 is 30.3 Å². The monoisotopic (exact) mass is 574 g/mol. The van der Waals surface area contributed by atoms with Crippen LogP contribution in [0.4, 0.5) is 4.39 Å². The summed E-state index contributed by atoms with van der Waals surface area (Å²) in [5.74, 6) is 0.209. The molecule has 230 valence electrons. The number of amides is 1. The Morgan fingerprint density at radius 1 is 1.15 bits per heavy atom. The van der Waals surface area contributed by atoms with E-state index in [4.69, 9.17) is 4.74 Å². The van der Waals surface area contributed by atoms with Crippen molar-refractivity contribution >= 4 is 11.7 Å². The molecule has 2 saturated heterocycles. The fourth-order valence-electron chi connectivity index (χ4n) is 9.14. The minimum absolute atomic E-state index is 0.0517. The van der Waals surface area contributed by atoms with E-state index >= 15 is 4.39 Å². The lowest BCUT2D eigenvalue weighted by atomic mass is 9.64. The maximum atomic E-state index is 16.1. The largest absolute Gasteiger partial charge is 0.395 e. The number of morpholine rings is 1. The van der Waals surface area contributed by atoms with Crippen LogP contribution in [0.2, 0.25) is 0 Å². The van der Waals surface area contributed by atoms with Crippen LogP contribution in [0.15, 0.2) is 11.8 Å². The highest BCUT2D eigenvalue weighted by atomic mass is 19.1. The molecule has 5 fully saturated rings. The Bertz CT molecular complexity index is 1010. The fraction of sp³-hybridized carbons (Fsp3) is 0.875. The number of nitrogens with zero attached hydrogens (tertiary/aromatic N) is 2. The van der Waals surface area contributed by atoms with E-state index in [1.54, 1.807) is 0 Å². The predicted octanol–water partition coefficient (Wildman–Crippen LogP) is 2.79. The Balaban J connectivity index is 1.27. The minimum atomic E-state index is -1.30. The molecule has 0 aromatic heterocycles. The molecule has 3 heterocycles. The summed E-state index contributed by atoms with van der Waals surface area (Å²) in [6.45, 7) is 5.57. The smallest absolute Gasteiger partial charge is 0.256 e. The van der Waals surface area contributed by atoms with Gasteiger partial charge in [0.1, 0.15) is 6.17 Å². The Morgan fingerprint density at radius 3 is 2.59 bits per heavy atom. The first-order valence-corrected chi connectivity index (χ1v) is 16.4.